The predicted octanol–water partition coefficient (Wildman–Crippen LogP) is 0.391. The number of nitrogens with one attached hydrogen (secondary N) is 1. The lowest BCUT2D eigenvalue weighted by Gasteiger charge is -2.28. The van der Waals surface area contributed by atoms with Gasteiger partial charge >= 0.3 is 5.97 Å². The third-order valence-corrected chi connectivity index (χ3v) is 3.89. The van der Waals surface area contributed by atoms with Crippen LogP contribution >= 0.6 is 0 Å². The fourth-order valence-electron chi connectivity index (χ4n) is 2.85. The summed E-state index contributed by atoms with van der Waals surface area (Å²) in [5, 5.41) is 11.8. The number of likely N-dealkylation sites (N-methyl/N-ethyl adjacent to an activating group) is 1. The molecular formula is C17H28N3O5+. The summed E-state index contributed by atoms with van der Waals surface area (Å²) in [5.41, 5.74) is 0. The van der Waals surface area contributed by atoms with Crippen LogP contribution < -0.4 is 5.32 Å². The molecule has 140 valence electrons. The number of nitrogens with zero attached hydrogens (tertiary/aromatic N) is 2. The van der Waals surface area contributed by atoms with E-state index in [-0.39, 0.29) is 18.1 Å². The average Bonchev–Trinajstić information content (AvgIpc) is 2.94. The summed E-state index contributed by atoms with van der Waals surface area (Å²) in [7, 11) is 5.86. The number of quaternary nitrogens is 1. The largest absolute Gasteiger partial charge is 0.481 e. The Bertz CT molecular complexity index is 587. The highest BCUT2D eigenvalue weighted by Gasteiger charge is 2.24. The Hall–Kier alpha value is -1.90. The van der Waals surface area contributed by atoms with E-state index >= 15 is 0 Å². The van der Waals surface area contributed by atoms with Gasteiger partial charge in [0.25, 0.3) is 5.91 Å². The van der Waals surface area contributed by atoms with E-state index < -0.39 is 12.0 Å². The van der Waals surface area contributed by atoms with Crippen molar-refractivity contribution in [3.63, 3.8) is 0 Å². The highest BCUT2D eigenvalue weighted by atomic mass is 16.5. The zero-order chi connectivity index (χ0) is 18.4. The van der Waals surface area contributed by atoms with E-state index in [1.54, 1.807) is 12.1 Å². The van der Waals surface area contributed by atoms with E-state index in [1.165, 1.54) is 0 Å². The second kappa shape index (κ2) is 8.46. The molecule has 0 aliphatic carbocycles. The van der Waals surface area contributed by atoms with Crippen LogP contribution in [0.1, 0.15) is 22.7 Å². The Balaban J connectivity index is 1.94. The van der Waals surface area contributed by atoms with Crippen LogP contribution in [0.15, 0.2) is 16.5 Å². The number of rotatable bonds is 8. The predicted molar refractivity (Wildman–Crippen MR) is 91.2 cm³/mol. The smallest absolute Gasteiger partial charge is 0.305 e. The molecule has 2 rings (SSSR count). The average molecular weight is 354 g/mol. The van der Waals surface area contributed by atoms with Crippen molar-refractivity contribution in [1.29, 1.82) is 0 Å². The number of carbonyl (C=O) groups excluding carboxylic acids is 1. The highest BCUT2D eigenvalue weighted by molar-refractivity contribution is 5.92. The first-order valence-electron chi connectivity index (χ1n) is 8.45. The first kappa shape index (κ1) is 19.4. The summed E-state index contributed by atoms with van der Waals surface area (Å²) >= 11 is 0. The molecule has 2 heterocycles. The number of carbonyl (C=O) groups is 2. The minimum absolute atomic E-state index is 0.122. The summed E-state index contributed by atoms with van der Waals surface area (Å²) in [6.45, 7) is 4.23. The summed E-state index contributed by atoms with van der Waals surface area (Å²) < 4.78 is 11.5. The normalized spacial score (nSPS) is 17.2. The van der Waals surface area contributed by atoms with Gasteiger partial charge in [-0.3, -0.25) is 14.5 Å². The molecule has 0 spiro atoms. The molecule has 8 nitrogen and oxygen atoms in total. The van der Waals surface area contributed by atoms with Crippen LogP contribution in [0.25, 0.3) is 0 Å². The molecule has 1 aliphatic rings. The number of ether oxygens (including phenoxy) is 1. The van der Waals surface area contributed by atoms with Crippen LogP contribution in [-0.2, 0) is 16.1 Å². The molecule has 1 saturated heterocycles. The van der Waals surface area contributed by atoms with Gasteiger partial charge in [-0.25, -0.2) is 0 Å². The SMILES string of the molecule is C[N+](C)(C)C[C@@H](CC(=O)O)NC(=O)c1ccc(CN2CCOCC2)o1. The zero-order valence-electron chi connectivity index (χ0n) is 15.2. The van der Waals surface area contributed by atoms with Crippen molar-refractivity contribution in [3.05, 3.63) is 23.7 Å². The van der Waals surface area contributed by atoms with Crippen molar-refractivity contribution in [2.45, 2.75) is 19.0 Å². The maximum Gasteiger partial charge on any atom is 0.305 e. The number of hydrogen-bond acceptors (Lipinski definition) is 5. The summed E-state index contributed by atoms with van der Waals surface area (Å²) in [6.07, 6.45) is -0.122. The first-order valence-corrected chi connectivity index (χ1v) is 8.45. The van der Waals surface area contributed by atoms with Gasteiger partial charge in [0.1, 0.15) is 5.76 Å². The van der Waals surface area contributed by atoms with Gasteiger partial charge in [-0.05, 0) is 12.1 Å². The maximum atomic E-state index is 12.4. The molecule has 0 bridgehead atoms. The van der Waals surface area contributed by atoms with Crippen LogP contribution in [0.5, 0.6) is 0 Å². The van der Waals surface area contributed by atoms with Crippen LogP contribution in [0, 0.1) is 0 Å². The molecule has 1 fully saturated rings. The van der Waals surface area contributed by atoms with Crippen LogP contribution in [0.2, 0.25) is 0 Å². The molecule has 8 heteroatoms. The van der Waals surface area contributed by atoms with E-state index in [0.717, 1.165) is 13.1 Å². The van der Waals surface area contributed by atoms with Crippen LogP contribution in [0.4, 0.5) is 0 Å². The second-order valence-corrected chi connectivity index (χ2v) is 7.40. The van der Waals surface area contributed by atoms with Gasteiger partial charge in [-0.15, -0.1) is 0 Å². The number of furan rings is 1. The standard InChI is InChI=1S/C17H27N3O5/c1-20(2,3)12-13(10-16(21)22)18-17(23)15-5-4-14(25-15)11-19-6-8-24-9-7-19/h4-5,13H,6-12H2,1-3H3,(H-,18,21,22,23)/p+1/t13-/m1/s1. The Morgan fingerprint density at radius 2 is 1.96 bits per heavy atom. The van der Waals surface area contributed by atoms with E-state index in [2.05, 4.69) is 10.2 Å². The molecule has 0 unspecified atom stereocenters. The molecule has 1 aromatic heterocycles. The van der Waals surface area contributed by atoms with E-state index in [9.17, 15) is 9.59 Å². The number of morpholine rings is 1. The maximum absolute atomic E-state index is 12.4. The van der Waals surface area contributed by atoms with Crippen molar-refractivity contribution in [1.82, 2.24) is 10.2 Å². The summed E-state index contributed by atoms with van der Waals surface area (Å²) in [5.74, 6) is -0.396. The second-order valence-electron chi connectivity index (χ2n) is 7.40. The monoisotopic (exact) mass is 354 g/mol. The van der Waals surface area contributed by atoms with Gasteiger partial charge in [-0.2, -0.15) is 0 Å². The minimum Gasteiger partial charge on any atom is -0.481 e. The molecule has 1 atom stereocenters. The topological polar surface area (TPSA) is 92.0 Å². The molecule has 1 aromatic rings. The molecule has 0 saturated carbocycles. The van der Waals surface area contributed by atoms with Gasteiger partial charge in [-0.1, -0.05) is 0 Å². The van der Waals surface area contributed by atoms with Gasteiger partial charge in [0, 0.05) is 13.1 Å². The number of hydrogen-bond donors (Lipinski definition) is 2. The number of amides is 1. The quantitative estimate of drug-likeness (QED) is 0.656. The number of aliphatic carboxylic acids is 1. The van der Waals surface area contributed by atoms with Crippen LogP contribution in [0.3, 0.4) is 0 Å². The van der Waals surface area contributed by atoms with Gasteiger partial charge in [0.05, 0.1) is 59.9 Å². The van der Waals surface area contributed by atoms with E-state index in [0.29, 0.717) is 36.5 Å². The van der Waals surface area contributed by atoms with Crippen molar-refractivity contribution >= 4 is 11.9 Å². The summed E-state index contributed by atoms with van der Waals surface area (Å²) in [4.78, 5) is 25.6. The third kappa shape index (κ3) is 6.85. The lowest BCUT2D eigenvalue weighted by Crippen LogP contribution is -2.49. The van der Waals surface area contributed by atoms with E-state index in [4.69, 9.17) is 14.3 Å². The van der Waals surface area contributed by atoms with Gasteiger partial charge in [0.2, 0.25) is 0 Å². The highest BCUT2D eigenvalue weighted by Crippen LogP contribution is 2.12. The van der Waals surface area contributed by atoms with Crippen molar-refractivity contribution < 1.29 is 28.3 Å². The fourth-order valence-corrected chi connectivity index (χ4v) is 2.85. The van der Waals surface area contributed by atoms with Crippen molar-refractivity contribution in [2.75, 3.05) is 54.0 Å². The minimum atomic E-state index is -0.939. The van der Waals surface area contributed by atoms with Crippen molar-refractivity contribution in [2.24, 2.45) is 0 Å². The number of carboxylic acids is 1. The Kier molecular flexibility index (Phi) is 6.57. The first-order chi connectivity index (χ1) is 11.7. The molecular weight excluding hydrogens is 326 g/mol. The molecule has 2 N–H and O–H groups in total. The summed E-state index contributed by atoms with van der Waals surface area (Å²) in [6, 6.07) is 2.96. The Morgan fingerprint density at radius 1 is 1.28 bits per heavy atom. The number of carboxylic acid groups (broad SMARTS) is 1. The Labute approximate surface area is 147 Å². The lowest BCUT2D eigenvalue weighted by molar-refractivity contribution is -0.871. The van der Waals surface area contributed by atoms with E-state index in [1.807, 2.05) is 21.1 Å². The van der Waals surface area contributed by atoms with Gasteiger partial charge in [0.15, 0.2) is 5.76 Å². The molecule has 1 aliphatic heterocycles. The van der Waals surface area contributed by atoms with Gasteiger partial charge < -0.3 is 24.1 Å². The molecule has 25 heavy (non-hydrogen) atoms. The fraction of sp³-hybridized carbons (Fsp3) is 0.647. The molecule has 1 amide bonds. The Morgan fingerprint density at radius 3 is 2.56 bits per heavy atom. The zero-order valence-corrected chi connectivity index (χ0v) is 15.2. The third-order valence-electron chi connectivity index (χ3n) is 3.89. The lowest BCUT2D eigenvalue weighted by atomic mass is 10.2. The molecule has 0 aromatic carbocycles. The molecule has 0 radical (unpaired) electrons. The van der Waals surface area contributed by atoms with Crippen LogP contribution in [-0.4, -0.2) is 86.4 Å². The van der Waals surface area contributed by atoms with Crippen molar-refractivity contribution in [3.8, 4) is 0 Å².